The van der Waals surface area contributed by atoms with E-state index >= 15 is 0 Å². The van der Waals surface area contributed by atoms with Crippen LogP contribution >= 0.6 is 0 Å². The summed E-state index contributed by atoms with van der Waals surface area (Å²) < 4.78 is 6.49. The van der Waals surface area contributed by atoms with Crippen LogP contribution in [0.5, 0.6) is 0 Å². The van der Waals surface area contributed by atoms with Gasteiger partial charge in [0.15, 0.2) is 0 Å². The Balaban J connectivity index is 1.31. The molecule has 3 fully saturated rings. The zero-order valence-corrected chi connectivity index (χ0v) is 18.3. The summed E-state index contributed by atoms with van der Waals surface area (Å²) in [6.45, 7) is 7.64. The molecule has 3 saturated carbocycles. The summed E-state index contributed by atoms with van der Waals surface area (Å²) in [5, 5.41) is 10.7. The van der Waals surface area contributed by atoms with Gasteiger partial charge in [-0.3, -0.25) is 14.5 Å². The summed E-state index contributed by atoms with van der Waals surface area (Å²) in [4.78, 5) is 26.6. The molecule has 3 aliphatic carbocycles. The van der Waals surface area contributed by atoms with Crippen LogP contribution in [0.15, 0.2) is 24.3 Å². The molecule has 30 heavy (non-hydrogen) atoms. The normalized spacial score (nSPS) is 39.2. The SMILES string of the molecule is CC1(C)C[C@H](OCCN2C(=O)c3ccccc3C2=O)[C@]23CC[C@@H](O)[C@@](C)(CC[C@@H]12)C3. The van der Waals surface area contributed by atoms with Crippen molar-refractivity contribution in [1.82, 2.24) is 4.90 Å². The summed E-state index contributed by atoms with van der Waals surface area (Å²) in [5.41, 5.74) is 1.29. The molecule has 2 amide bonds. The van der Waals surface area contributed by atoms with Gasteiger partial charge in [0.05, 0.1) is 36.5 Å². The summed E-state index contributed by atoms with van der Waals surface area (Å²) in [5.74, 6) is 0.177. The Bertz CT molecular complexity index is 860. The molecule has 5 atom stereocenters. The van der Waals surface area contributed by atoms with Crippen LogP contribution in [0.1, 0.15) is 80.0 Å². The average molecular weight is 412 g/mol. The van der Waals surface area contributed by atoms with Crippen molar-refractivity contribution >= 4 is 11.8 Å². The lowest BCUT2D eigenvalue weighted by Crippen LogP contribution is -2.54. The van der Waals surface area contributed by atoms with Crippen LogP contribution in [0.2, 0.25) is 0 Å². The van der Waals surface area contributed by atoms with E-state index in [9.17, 15) is 14.7 Å². The van der Waals surface area contributed by atoms with E-state index in [4.69, 9.17) is 4.74 Å². The number of nitrogens with zero attached hydrogens (tertiary/aromatic N) is 1. The maximum atomic E-state index is 12.6. The van der Waals surface area contributed by atoms with Gasteiger partial charge in [-0.15, -0.1) is 0 Å². The van der Waals surface area contributed by atoms with Crippen molar-refractivity contribution in [2.75, 3.05) is 13.2 Å². The molecule has 1 N–H and O–H groups in total. The van der Waals surface area contributed by atoms with Crippen molar-refractivity contribution in [2.45, 2.75) is 71.5 Å². The number of rotatable bonds is 4. The highest BCUT2D eigenvalue weighted by Crippen LogP contribution is 2.69. The minimum atomic E-state index is -0.216. The van der Waals surface area contributed by atoms with Crippen molar-refractivity contribution in [3.8, 4) is 0 Å². The summed E-state index contributed by atoms with van der Waals surface area (Å²) in [6.07, 6.45) is 6.03. The molecule has 0 unspecified atom stereocenters. The number of carbonyl (C=O) groups excluding carboxylic acids is 2. The summed E-state index contributed by atoms with van der Waals surface area (Å²) >= 11 is 0. The fourth-order valence-electron chi connectivity index (χ4n) is 7.47. The molecule has 1 heterocycles. The third-order valence-electron chi connectivity index (χ3n) is 8.93. The van der Waals surface area contributed by atoms with Crippen LogP contribution in [0.25, 0.3) is 0 Å². The first-order valence-electron chi connectivity index (χ1n) is 11.4. The second-order valence-corrected chi connectivity index (χ2v) is 11.1. The lowest BCUT2D eigenvalue weighted by molar-refractivity contribution is -0.156. The molecule has 2 bridgehead atoms. The van der Waals surface area contributed by atoms with Crippen LogP contribution in [0, 0.1) is 22.2 Å². The number of carbonyl (C=O) groups is 2. The topological polar surface area (TPSA) is 66.8 Å². The molecule has 5 rings (SSSR count). The quantitative estimate of drug-likeness (QED) is 0.759. The Morgan fingerprint density at radius 1 is 1.07 bits per heavy atom. The Morgan fingerprint density at radius 3 is 2.40 bits per heavy atom. The minimum Gasteiger partial charge on any atom is -0.393 e. The van der Waals surface area contributed by atoms with Crippen molar-refractivity contribution in [3.63, 3.8) is 0 Å². The van der Waals surface area contributed by atoms with E-state index in [0.29, 0.717) is 30.2 Å². The Hall–Kier alpha value is -1.72. The Kier molecular flexibility index (Phi) is 4.47. The van der Waals surface area contributed by atoms with Gasteiger partial charge in [-0.25, -0.2) is 0 Å². The zero-order valence-electron chi connectivity index (χ0n) is 18.3. The molecule has 1 aromatic carbocycles. The van der Waals surface area contributed by atoms with Crippen LogP contribution in [0.4, 0.5) is 0 Å². The van der Waals surface area contributed by atoms with Gasteiger partial charge >= 0.3 is 0 Å². The molecule has 162 valence electrons. The highest BCUT2D eigenvalue weighted by molar-refractivity contribution is 6.21. The smallest absolute Gasteiger partial charge is 0.261 e. The minimum absolute atomic E-state index is 0.0146. The van der Waals surface area contributed by atoms with E-state index in [1.54, 1.807) is 24.3 Å². The largest absolute Gasteiger partial charge is 0.393 e. The van der Waals surface area contributed by atoms with Crippen LogP contribution in [-0.2, 0) is 4.74 Å². The number of benzene rings is 1. The molecule has 1 aliphatic heterocycles. The van der Waals surface area contributed by atoms with E-state index in [2.05, 4.69) is 20.8 Å². The average Bonchev–Trinajstić information content (AvgIpc) is 3.07. The summed E-state index contributed by atoms with van der Waals surface area (Å²) in [7, 11) is 0. The van der Waals surface area contributed by atoms with Gasteiger partial charge < -0.3 is 9.84 Å². The molecule has 4 aliphatic rings. The fourth-order valence-corrected chi connectivity index (χ4v) is 7.47. The maximum Gasteiger partial charge on any atom is 0.261 e. The molecule has 0 radical (unpaired) electrons. The van der Waals surface area contributed by atoms with Crippen molar-refractivity contribution in [1.29, 1.82) is 0 Å². The number of hydrogen-bond acceptors (Lipinski definition) is 4. The number of amides is 2. The number of ether oxygens (including phenoxy) is 1. The van der Waals surface area contributed by atoms with Crippen molar-refractivity contribution < 1.29 is 19.4 Å². The van der Waals surface area contributed by atoms with E-state index in [1.807, 2.05) is 0 Å². The predicted octanol–water partition coefficient (Wildman–Crippen LogP) is 4.05. The number of aliphatic hydroxyl groups excluding tert-OH is 1. The summed E-state index contributed by atoms with van der Waals surface area (Å²) in [6, 6.07) is 7.02. The van der Waals surface area contributed by atoms with E-state index in [1.165, 1.54) is 4.90 Å². The van der Waals surface area contributed by atoms with Crippen LogP contribution < -0.4 is 0 Å². The second-order valence-electron chi connectivity index (χ2n) is 11.1. The molecular formula is C25H33NO4. The van der Waals surface area contributed by atoms with Gasteiger partial charge in [0, 0.05) is 5.41 Å². The number of imide groups is 1. The molecule has 5 nitrogen and oxygen atoms in total. The predicted molar refractivity (Wildman–Crippen MR) is 113 cm³/mol. The lowest BCUT2D eigenvalue weighted by atomic mass is 9.49. The Labute approximate surface area is 178 Å². The number of aliphatic hydroxyl groups is 1. The number of fused-ring (bicyclic) bond motifs is 2. The second kappa shape index (κ2) is 6.64. The molecule has 0 saturated heterocycles. The molecule has 5 heteroatoms. The number of hydrogen-bond donors (Lipinski definition) is 1. The highest BCUT2D eigenvalue weighted by Gasteiger charge is 2.65. The highest BCUT2D eigenvalue weighted by atomic mass is 16.5. The van der Waals surface area contributed by atoms with E-state index < -0.39 is 0 Å². The van der Waals surface area contributed by atoms with Gasteiger partial charge in [-0.2, -0.15) is 0 Å². The van der Waals surface area contributed by atoms with Gasteiger partial charge in [-0.05, 0) is 67.4 Å². The first-order chi connectivity index (χ1) is 14.2. The lowest BCUT2D eigenvalue weighted by Gasteiger charge is -2.58. The van der Waals surface area contributed by atoms with E-state index in [-0.39, 0.29) is 40.3 Å². The first kappa shape index (κ1) is 20.2. The molecule has 0 aromatic heterocycles. The fraction of sp³-hybridized carbons (Fsp3) is 0.680. The van der Waals surface area contributed by atoms with Gasteiger partial charge in [0.2, 0.25) is 0 Å². The van der Waals surface area contributed by atoms with Crippen molar-refractivity contribution in [3.05, 3.63) is 35.4 Å². The third-order valence-corrected chi connectivity index (χ3v) is 8.93. The maximum absolute atomic E-state index is 12.6. The van der Waals surface area contributed by atoms with Gasteiger partial charge in [0.25, 0.3) is 11.8 Å². The first-order valence-corrected chi connectivity index (χ1v) is 11.4. The monoisotopic (exact) mass is 411 g/mol. The van der Waals surface area contributed by atoms with Crippen molar-refractivity contribution in [2.24, 2.45) is 22.2 Å². The van der Waals surface area contributed by atoms with E-state index in [0.717, 1.165) is 38.5 Å². The standard InChI is InChI=1S/C25H33NO4/c1-23(2)14-20(25-11-9-19(27)24(3,15-25)10-8-18(23)25)30-13-12-26-21(28)16-6-4-5-7-17(16)22(26)29/h4-7,18-20,27H,8-15H2,1-3H3/t18-,19+,20-,24-,25-/m0/s1. The van der Waals surface area contributed by atoms with Crippen LogP contribution in [-0.4, -0.2) is 47.2 Å². The van der Waals surface area contributed by atoms with Gasteiger partial charge in [0.1, 0.15) is 0 Å². The third kappa shape index (κ3) is 2.74. The zero-order chi connectivity index (χ0) is 21.3. The molecule has 1 spiro atoms. The molecule has 1 aromatic rings. The van der Waals surface area contributed by atoms with Gasteiger partial charge in [-0.1, -0.05) is 32.9 Å². The van der Waals surface area contributed by atoms with Crippen LogP contribution in [0.3, 0.4) is 0 Å². The Morgan fingerprint density at radius 2 is 1.73 bits per heavy atom. The molecular weight excluding hydrogens is 378 g/mol.